The number of benzene rings is 1. The van der Waals surface area contributed by atoms with Crippen molar-refractivity contribution in [1.82, 2.24) is 5.16 Å². The molecule has 0 aliphatic carbocycles. The third kappa shape index (κ3) is 2.80. The fraction of sp³-hybridized carbons (Fsp3) is 0. The van der Waals surface area contributed by atoms with Crippen molar-refractivity contribution < 1.29 is 29.1 Å². The topological polar surface area (TPSA) is 130 Å². The predicted molar refractivity (Wildman–Crippen MR) is 64.8 cm³/mol. The SMILES string of the molecule is O=C(O)c1cc(NC(=O)c2ccon2)cc(C(=O)O)c1. The van der Waals surface area contributed by atoms with Crippen molar-refractivity contribution in [2.24, 2.45) is 0 Å². The number of carboxylic acids is 2. The number of hydrogen-bond donors (Lipinski definition) is 3. The lowest BCUT2D eigenvalue weighted by molar-refractivity contribution is 0.0696. The van der Waals surface area contributed by atoms with Crippen LogP contribution < -0.4 is 5.32 Å². The number of carbonyl (C=O) groups excluding carboxylic acids is 1. The molecule has 20 heavy (non-hydrogen) atoms. The summed E-state index contributed by atoms with van der Waals surface area (Å²) in [4.78, 5) is 33.5. The normalized spacial score (nSPS) is 10.0. The Balaban J connectivity index is 2.33. The van der Waals surface area contributed by atoms with Crippen LogP contribution >= 0.6 is 0 Å². The van der Waals surface area contributed by atoms with Gasteiger partial charge in [-0.25, -0.2) is 9.59 Å². The third-order valence-corrected chi connectivity index (χ3v) is 2.36. The number of anilines is 1. The van der Waals surface area contributed by atoms with Crippen molar-refractivity contribution in [2.75, 3.05) is 5.32 Å². The largest absolute Gasteiger partial charge is 0.478 e. The lowest BCUT2D eigenvalue weighted by Gasteiger charge is -2.06. The van der Waals surface area contributed by atoms with Gasteiger partial charge in [0.2, 0.25) is 0 Å². The number of nitrogens with one attached hydrogen (secondary N) is 1. The van der Waals surface area contributed by atoms with Crippen LogP contribution in [0.15, 0.2) is 35.1 Å². The van der Waals surface area contributed by atoms with Crippen molar-refractivity contribution in [3.63, 3.8) is 0 Å². The summed E-state index contributed by atoms with van der Waals surface area (Å²) in [5, 5.41) is 23.6. The molecule has 0 bridgehead atoms. The zero-order valence-electron chi connectivity index (χ0n) is 9.86. The Labute approximate surface area is 111 Å². The van der Waals surface area contributed by atoms with Gasteiger partial charge in [0.25, 0.3) is 5.91 Å². The second-order valence-corrected chi connectivity index (χ2v) is 3.75. The summed E-state index contributed by atoms with van der Waals surface area (Å²) in [6.45, 7) is 0. The molecule has 1 heterocycles. The Morgan fingerprint density at radius 2 is 1.65 bits per heavy atom. The summed E-state index contributed by atoms with van der Waals surface area (Å²) in [6.07, 6.45) is 1.20. The highest BCUT2D eigenvalue weighted by atomic mass is 16.5. The molecule has 102 valence electrons. The molecule has 2 aromatic rings. The standard InChI is InChI=1S/C12H8N2O6/c15-10(9-1-2-20-14-9)13-8-4-6(11(16)17)3-7(5-8)12(18)19/h1-5H,(H,13,15)(H,16,17)(H,18,19). The molecule has 1 aromatic heterocycles. The van der Waals surface area contributed by atoms with E-state index in [2.05, 4.69) is 15.0 Å². The van der Waals surface area contributed by atoms with Crippen molar-refractivity contribution >= 4 is 23.5 Å². The minimum atomic E-state index is -1.30. The van der Waals surface area contributed by atoms with E-state index in [1.165, 1.54) is 12.3 Å². The molecule has 0 radical (unpaired) electrons. The number of hydrogen-bond acceptors (Lipinski definition) is 5. The molecule has 1 aromatic carbocycles. The van der Waals surface area contributed by atoms with E-state index >= 15 is 0 Å². The van der Waals surface area contributed by atoms with Gasteiger partial charge in [-0.3, -0.25) is 4.79 Å². The lowest BCUT2D eigenvalue weighted by atomic mass is 10.1. The Morgan fingerprint density at radius 1 is 1.05 bits per heavy atom. The molecule has 3 N–H and O–H groups in total. The first-order chi connectivity index (χ1) is 9.47. The zero-order valence-corrected chi connectivity index (χ0v) is 9.86. The molecule has 2 rings (SSSR count). The van der Waals surface area contributed by atoms with Gasteiger partial charge in [-0.05, 0) is 18.2 Å². The molecular weight excluding hydrogens is 268 g/mol. The van der Waals surface area contributed by atoms with E-state index in [0.29, 0.717) is 0 Å². The molecule has 0 atom stereocenters. The quantitative estimate of drug-likeness (QED) is 0.767. The average Bonchev–Trinajstić information content (AvgIpc) is 2.92. The van der Waals surface area contributed by atoms with Crippen LogP contribution in [-0.2, 0) is 0 Å². The number of rotatable bonds is 4. The molecular formula is C12H8N2O6. The van der Waals surface area contributed by atoms with Gasteiger partial charge in [0, 0.05) is 11.8 Å². The van der Waals surface area contributed by atoms with E-state index in [4.69, 9.17) is 10.2 Å². The van der Waals surface area contributed by atoms with Crippen molar-refractivity contribution in [3.8, 4) is 0 Å². The molecule has 0 unspecified atom stereocenters. The Kier molecular flexibility index (Phi) is 3.47. The molecule has 8 nitrogen and oxygen atoms in total. The van der Waals surface area contributed by atoms with Gasteiger partial charge in [0.1, 0.15) is 6.26 Å². The molecule has 0 saturated heterocycles. The average molecular weight is 276 g/mol. The zero-order chi connectivity index (χ0) is 14.7. The van der Waals surface area contributed by atoms with Crippen molar-refractivity contribution in [1.29, 1.82) is 0 Å². The van der Waals surface area contributed by atoms with E-state index in [1.807, 2.05) is 0 Å². The Morgan fingerprint density at radius 3 is 2.10 bits per heavy atom. The number of carboxylic acid groups (broad SMARTS) is 2. The number of carbonyl (C=O) groups is 3. The van der Waals surface area contributed by atoms with Crippen molar-refractivity contribution in [3.05, 3.63) is 47.3 Å². The van der Waals surface area contributed by atoms with Gasteiger partial charge < -0.3 is 20.1 Å². The molecule has 0 aliphatic rings. The maximum absolute atomic E-state index is 11.7. The first-order valence-electron chi connectivity index (χ1n) is 5.31. The third-order valence-electron chi connectivity index (χ3n) is 2.36. The molecule has 0 spiro atoms. The summed E-state index contributed by atoms with van der Waals surface area (Å²) in [6, 6.07) is 4.60. The van der Waals surface area contributed by atoms with E-state index in [1.54, 1.807) is 0 Å². The fourth-order valence-corrected chi connectivity index (χ4v) is 1.47. The second kappa shape index (κ2) is 5.22. The van der Waals surface area contributed by atoms with Crippen molar-refractivity contribution in [2.45, 2.75) is 0 Å². The predicted octanol–water partition coefficient (Wildman–Crippen LogP) is 1.32. The van der Waals surface area contributed by atoms with Crippen LogP contribution in [0.3, 0.4) is 0 Å². The number of nitrogens with zero attached hydrogens (tertiary/aromatic N) is 1. The van der Waals surface area contributed by atoms with Crippen LogP contribution in [-0.4, -0.2) is 33.2 Å². The highest BCUT2D eigenvalue weighted by molar-refractivity contribution is 6.04. The number of aromatic carboxylic acids is 2. The Bertz CT molecular complexity index is 645. The van der Waals surface area contributed by atoms with Crippen LogP contribution in [0.1, 0.15) is 31.2 Å². The minimum Gasteiger partial charge on any atom is -0.478 e. The summed E-state index contributed by atoms with van der Waals surface area (Å²) >= 11 is 0. The second-order valence-electron chi connectivity index (χ2n) is 3.75. The van der Waals surface area contributed by atoms with Gasteiger partial charge in [-0.1, -0.05) is 5.16 Å². The van der Waals surface area contributed by atoms with E-state index < -0.39 is 17.8 Å². The van der Waals surface area contributed by atoms with Crippen LogP contribution in [0, 0.1) is 0 Å². The smallest absolute Gasteiger partial charge is 0.335 e. The van der Waals surface area contributed by atoms with Gasteiger partial charge >= 0.3 is 11.9 Å². The molecule has 0 aliphatic heterocycles. The number of amides is 1. The summed E-state index contributed by atoms with van der Waals surface area (Å²) in [5.74, 6) is -3.24. The highest BCUT2D eigenvalue weighted by Crippen LogP contribution is 2.16. The van der Waals surface area contributed by atoms with Crippen LogP contribution in [0.25, 0.3) is 0 Å². The first kappa shape index (κ1) is 13.3. The molecule has 0 saturated carbocycles. The van der Waals surface area contributed by atoms with Gasteiger partial charge in [0.15, 0.2) is 5.69 Å². The summed E-state index contributed by atoms with van der Waals surface area (Å²) in [5.41, 5.74) is -0.474. The molecule has 0 fully saturated rings. The summed E-state index contributed by atoms with van der Waals surface area (Å²) < 4.78 is 4.50. The minimum absolute atomic E-state index is 0.0115. The van der Waals surface area contributed by atoms with Gasteiger partial charge in [-0.2, -0.15) is 0 Å². The maximum atomic E-state index is 11.7. The first-order valence-corrected chi connectivity index (χ1v) is 5.31. The van der Waals surface area contributed by atoms with Gasteiger partial charge in [-0.15, -0.1) is 0 Å². The fourth-order valence-electron chi connectivity index (χ4n) is 1.47. The van der Waals surface area contributed by atoms with Crippen LogP contribution in [0.5, 0.6) is 0 Å². The molecule has 8 heteroatoms. The van der Waals surface area contributed by atoms with Crippen LogP contribution in [0.4, 0.5) is 5.69 Å². The number of aromatic nitrogens is 1. The summed E-state index contributed by atoms with van der Waals surface area (Å²) in [7, 11) is 0. The molecule has 1 amide bonds. The highest BCUT2D eigenvalue weighted by Gasteiger charge is 2.14. The van der Waals surface area contributed by atoms with E-state index in [0.717, 1.165) is 18.2 Å². The maximum Gasteiger partial charge on any atom is 0.335 e. The lowest BCUT2D eigenvalue weighted by Crippen LogP contribution is -2.13. The van der Waals surface area contributed by atoms with E-state index in [9.17, 15) is 14.4 Å². The van der Waals surface area contributed by atoms with Gasteiger partial charge in [0.05, 0.1) is 11.1 Å². The monoisotopic (exact) mass is 276 g/mol. The van der Waals surface area contributed by atoms with Crippen LogP contribution in [0.2, 0.25) is 0 Å². The van der Waals surface area contributed by atoms with E-state index in [-0.39, 0.29) is 22.5 Å². The Hall–Kier alpha value is -3.16.